The number of anilines is 1. The van der Waals surface area contributed by atoms with Crippen LogP contribution in [0.25, 0.3) is 0 Å². The van der Waals surface area contributed by atoms with Crippen molar-refractivity contribution < 1.29 is 23.9 Å². The van der Waals surface area contributed by atoms with E-state index in [1.54, 1.807) is 26.1 Å². The van der Waals surface area contributed by atoms with Crippen LogP contribution in [0.2, 0.25) is 0 Å². The lowest BCUT2D eigenvalue weighted by Crippen LogP contribution is -2.49. The number of aryl methyl sites for hydroxylation is 1. The summed E-state index contributed by atoms with van der Waals surface area (Å²) in [7, 11) is 2.91. The first-order chi connectivity index (χ1) is 13.3. The van der Waals surface area contributed by atoms with Crippen molar-refractivity contribution in [2.24, 2.45) is 0 Å². The molecule has 2 fully saturated rings. The summed E-state index contributed by atoms with van der Waals surface area (Å²) in [6.45, 7) is 1.43. The van der Waals surface area contributed by atoms with Crippen molar-refractivity contribution in [2.75, 3.05) is 26.0 Å². The quantitative estimate of drug-likeness (QED) is 0.632. The number of nitrogens with one attached hydrogen (secondary N) is 1. The van der Waals surface area contributed by atoms with Gasteiger partial charge in [-0.2, -0.15) is 0 Å². The molecule has 4 amide bonds. The van der Waals surface area contributed by atoms with E-state index in [-0.39, 0.29) is 12.5 Å². The van der Waals surface area contributed by atoms with Gasteiger partial charge in [0.25, 0.3) is 5.91 Å². The molecule has 0 atom stereocenters. The normalized spacial score (nSPS) is 18.5. The maximum atomic E-state index is 13.0. The fourth-order valence-corrected chi connectivity index (χ4v) is 4.01. The molecule has 8 nitrogen and oxygen atoms in total. The topological polar surface area (TPSA) is 96.0 Å². The number of carbonyl (C=O) groups is 4. The van der Waals surface area contributed by atoms with Gasteiger partial charge in [0.2, 0.25) is 5.91 Å². The van der Waals surface area contributed by atoms with Gasteiger partial charge in [-0.15, -0.1) is 0 Å². The van der Waals surface area contributed by atoms with Crippen molar-refractivity contribution in [1.82, 2.24) is 9.80 Å². The van der Waals surface area contributed by atoms with E-state index in [1.807, 2.05) is 0 Å². The number of rotatable bonds is 4. The lowest BCUT2D eigenvalue weighted by molar-refractivity contribution is -0.136. The average molecular weight is 387 g/mol. The summed E-state index contributed by atoms with van der Waals surface area (Å²) >= 11 is 0. The van der Waals surface area contributed by atoms with E-state index in [0.717, 1.165) is 29.7 Å². The number of amides is 4. The Morgan fingerprint density at radius 3 is 2.50 bits per heavy atom. The molecule has 0 bridgehead atoms. The highest BCUT2D eigenvalue weighted by Gasteiger charge is 2.55. The number of likely N-dealkylation sites (N-methyl/N-ethyl adjacent to an activating group) is 1. The van der Waals surface area contributed by atoms with Crippen molar-refractivity contribution in [3.8, 4) is 0 Å². The van der Waals surface area contributed by atoms with Crippen LogP contribution in [0.3, 0.4) is 0 Å². The molecule has 1 aromatic carbocycles. The smallest absolute Gasteiger partial charge is 0.337 e. The van der Waals surface area contributed by atoms with Gasteiger partial charge in [0.1, 0.15) is 12.1 Å². The number of carbonyl (C=O) groups excluding carboxylic acids is 4. The molecular weight excluding hydrogens is 362 g/mol. The lowest BCUT2D eigenvalue weighted by atomic mass is 9.81. The number of esters is 1. The zero-order chi connectivity index (χ0) is 20.5. The van der Waals surface area contributed by atoms with Gasteiger partial charge in [-0.1, -0.05) is 25.3 Å². The predicted molar refractivity (Wildman–Crippen MR) is 102 cm³/mol. The van der Waals surface area contributed by atoms with Crippen molar-refractivity contribution in [2.45, 2.75) is 44.6 Å². The second kappa shape index (κ2) is 7.61. The third kappa shape index (κ3) is 3.34. The van der Waals surface area contributed by atoms with E-state index >= 15 is 0 Å². The van der Waals surface area contributed by atoms with Gasteiger partial charge in [-0.05, 0) is 37.5 Å². The van der Waals surface area contributed by atoms with Gasteiger partial charge in [0.15, 0.2) is 0 Å². The number of methoxy groups -OCH3 is 1. The highest BCUT2D eigenvalue weighted by Crippen LogP contribution is 2.39. The van der Waals surface area contributed by atoms with E-state index in [4.69, 9.17) is 4.74 Å². The standard InChI is InChI=1S/C20H25N3O5/c1-13-7-8-14(17(25)28-3)11-15(13)21-16(24)12-23-18(26)20(22(2)19(23)27)9-5-4-6-10-20/h7-8,11H,4-6,9-10,12H2,1-3H3,(H,21,24). The summed E-state index contributed by atoms with van der Waals surface area (Å²) in [5.74, 6) is -1.30. The highest BCUT2D eigenvalue weighted by molar-refractivity contribution is 6.10. The molecule has 2 aliphatic rings. The van der Waals surface area contributed by atoms with Crippen LogP contribution in [0.1, 0.15) is 48.0 Å². The van der Waals surface area contributed by atoms with E-state index in [1.165, 1.54) is 18.1 Å². The highest BCUT2D eigenvalue weighted by atomic mass is 16.5. The zero-order valence-electron chi connectivity index (χ0n) is 16.4. The molecule has 1 aliphatic carbocycles. The van der Waals surface area contributed by atoms with Crippen molar-refractivity contribution in [3.63, 3.8) is 0 Å². The molecule has 1 saturated heterocycles. The minimum Gasteiger partial charge on any atom is -0.465 e. The van der Waals surface area contributed by atoms with Gasteiger partial charge in [0.05, 0.1) is 12.7 Å². The van der Waals surface area contributed by atoms with Gasteiger partial charge < -0.3 is 15.0 Å². The molecule has 3 rings (SSSR count). The summed E-state index contributed by atoms with van der Waals surface area (Å²) < 4.78 is 4.69. The van der Waals surface area contributed by atoms with Crippen LogP contribution in [0.4, 0.5) is 10.5 Å². The third-order valence-corrected chi connectivity index (χ3v) is 5.72. The summed E-state index contributed by atoms with van der Waals surface area (Å²) in [4.78, 5) is 52.3. The Hall–Kier alpha value is -2.90. The Morgan fingerprint density at radius 1 is 1.18 bits per heavy atom. The van der Waals surface area contributed by atoms with Gasteiger partial charge in [-0.25, -0.2) is 9.59 Å². The predicted octanol–water partition coefficient (Wildman–Crippen LogP) is 2.32. The molecule has 8 heteroatoms. The maximum absolute atomic E-state index is 13.0. The van der Waals surface area contributed by atoms with Crippen LogP contribution in [0.15, 0.2) is 18.2 Å². The van der Waals surface area contributed by atoms with E-state index in [0.29, 0.717) is 24.1 Å². The summed E-state index contributed by atoms with van der Waals surface area (Å²) in [6, 6.07) is 4.37. The number of hydrogen-bond acceptors (Lipinski definition) is 5. The number of ether oxygens (including phenoxy) is 1. The molecule has 28 heavy (non-hydrogen) atoms. The zero-order valence-corrected chi connectivity index (χ0v) is 16.4. The minimum atomic E-state index is -0.809. The number of urea groups is 1. The SMILES string of the molecule is COC(=O)c1ccc(C)c(NC(=O)CN2C(=O)N(C)C3(CCCCC3)C2=O)c1. The Bertz CT molecular complexity index is 829. The Morgan fingerprint density at radius 2 is 1.86 bits per heavy atom. The van der Waals surface area contributed by atoms with Crippen LogP contribution in [-0.4, -0.2) is 59.9 Å². The average Bonchev–Trinajstić information content (AvgIpc) is 2.86. The van der Waals surface area contributed by atoms with E-state index in [2.05, 4.69) is 5.32 Å². The minimum absolute atomic E-state index is 0.296. The molecule has 1 N–H and O–H groups in total. The van der Waals surface area contributed by atoms with Crippen LogP contribution in [0.5, 0.6) is 0 Å². The van der Waals surface area contributed by atoms with E-state index in [9.17, 15) is 19.2 Å². The van der Waals surface area contributed by atoms with Crippen LogP contribution < -0.4 is 5.32 Å². The molecule has 150 valence electrons. The fraction of sp³-hybridized carbons (Fsp3) is 0.500. The van der Waals surface area contributed by atoms with Crippen LogP contribution in [-0.2, 0) is 14.3 Å². The molecule has 1 spiro atoms. The van der Waals surface area contributed by atoms with E-state index < -0.39 is 23.4 Å². The first-order valence-corrected chi connectivity index (χ1v) is 9.39. The monoisotopic (exact) mass is 387 g/mol. The van der Waals surface area contributed by atoms with Crippen molar-refractivity contribution in [1.29, 1.82) is 0 Å². The van der Waals surface area contributed by atoms with Gasteiger partial charge in [0, 0.05) is 12.7 Å². The second-order valence-corrected chi connectivity index (χ2v) is 7.39. The summed E-state index contributed by atoms with van der Waals surface area (Å²) in [5, 5.41) is 2.69. The Labute approximate surface area is 163 Å². The first-order valence-electron chi connectivity index (χ1n) is 9.39. The van der Waals surface area contributed by atoms with Gasteiger partial charge >= 0.3 is 12.0 Å². The molecule has 1 aromatic rings. The molecule has 0 unspecified atom stereocenters. The third-order valence-electron chi connectivity index (χ3n) is 5.72. The molecule has 1 heterocycles. The molecular formula is C20H25N3O5. The summed E-state index contributed by atoms with van der Waals surface area (Å²) in [6.07, 6.45) is 4.10. The van der Waals surface area contributed by atoms with Crippen molar-refractivity contribution in [3.05, 3.63) is 29.3 Å². The first kappa shape index (κ1) is 19.9. The molecule has 0 radical (unpaired) electrons. The lowest BCUT2D eigenvalue weighted by Gasteiger charge is -2.35. The van der Waals surface area contributed by atoms with Crippen LogP contribution in [0, 0.1) is 6.92 Å². The Kier molecular flexibility index (Phi) is 5.40. The summed E-state index contributed by atoms with van der Waals surface area (Å²) in [5.41, 5.74) is 0.683. The Balaban J connectivity index is 1.74. The van der Waals surface area contributed by atoms with Crippen LogP contribution >= 0.6 is 0 Å². The molecule has 0 aromatic heterocycles. The molecule has 1 saturated carbocycles. The number of benzene rings is 1. The molecule has 1 aliphatic heterocycles. The number of nitrogens with zero attached hydrogens (tertiary/aromatic N) is 2. The second-order valence-electron chi connectivity index (χ2n) is 7.39. The number of imide groups is 1. The fourth-order valence-electron chi connectivity index (χ4n) is 4.01. The number of hydrogen-bond donors (Lipinski definition) is 1. The maximum Gasteiger partial charge on any atom is 0.337 e. The van der Waals surface area contributed by atoms with Crippen molar-refractivity contribution >= 4 is 29.5 Å². The largest absolute Gasteiger partial charge is 0.465 e. The van der Waals surface area contributed by atoms with Gasteiger partial charge in [-0.3, -0.25) is 14.5 Å².